The van der Waals surface area contributed by atoms with Gasteiger partial charge >= 0.3 is 0 Å². The summed E-state index contributed by atoms with van der Waals surface area (Å²) in [6.45, 7) is 0.457. The van der Waals surface area contributed by atoms with Crippen molar-refractivity contribution in [3.8, 4) is 0 Å². The Kier molecular flexibility index (Phi) is 5.97. The zero-order chi connectivity index (χ0) is 18.4. The van der Waals surface area contributed by atoms with Gasteiger partial charge in [-0.2, -0.15) is 0 Å². The largest absolute Gasteiger partial charge is 0.340 e. The van der Waals surface area contributed by atoms with E-state index in [1.807, 2.05) is 60.7 Å². The van der Waals surface area contributed by atoms with Gasteiger partial charge in [0.15, 0.2) is 0 Å². The highest BCUT2D eigenvalue weighted by Crippen LogP contribution is 2.30. The fraction of sp³-hybridized carbons (Fsp3) is 0.190. The molecular weight excluding hydrogens is 346 g/mol. The molecule has 132 valence electrons. The van der Waals surface area contributed by atoms with Crippen molar-refractivity contribution >= 4 is 17.5 Å². The molecule has 0 spiro atoms. The highest BCUT2D eigenvalue weighted by Gasteiger charge is 2.21. The first kappa shape index (κ1) is 18.1. The van der Waals surface area contributed by atoms with Crippen LogP contribution in [0.4, 0.5) is 0 Å². The second-order valence-electron chi connectivity index (χ2n) is 6.17. The molecule has 5 heteroatoms. The van der Waals surface area contributed by atoms with Gasteiger partial charge in [0, 0.05) is 30.6 Å². The highest BCUT2D eigenvalue weighted by molar-refractivity contribution is 6.30. The van der Waals surface area contributed by atoms with E-state index in [4.69, 9.17) is 11.6 Å². The summed E-state index contributed by atoms with van der Waals surface area (Å²) in [5.41, 5.74) is 2.95. The zero-order valence-corrected chi connectivity index (χ0v) is 15.3. The third-order valence-electron chi connectivity index (χ3n) is 4.30. The maximum Gasteiger partial charge on any atom is 0.223 e. The average Bonchev–Trinajstić information content (AvgIpc) is 2.67. The molecule has 0 aliphatic rings. The quantitative estimate of drug-likeness (QED) is 0.653. The molecule has 26 heavy (non-hydrogen) atoms. The molecule has 1 aromatic heterocycles. The molecule has 2 aromatic carbocycles. The van der Waals surface area contributed by atoms with Gasteiger partial charge in [0.25, 0.3) is 0 Å². The Morgan fingerprint density at radius 1 is 1.08 bits per heavy atom. The Morgan fingerprint density at radius 3 is 2.54 bits per heavy atom. The molecule has 0 aliphatic carbocycles. The number of benzene rings is 2. The van der Waals surface area contributed by atoms with Crippen LogP contribution in [0.1, 0.15) is 29.2 Å². The van der Waals surface area contributed by atoms with Gasteiger partial charge in [-0.05, 0) is 29.3 Å². The van der Waals surface area contributed by atoms with Crippen LogP contribution in [0.5, 0.6) is 0 Å². The van der Waals surface area contributed by atoms with Crippen molar-refractivity contribution < 1.29 is 4.79 Å². The van der Waals surface area contributed by atoms with Crippen LogP contribution in [0.15, 0.2) is 73.2 Å². The van der Waals surface area contributed by atoms with E-state index in [0.717, 1.165) is 16.8 Å². The minimum atomic E-state index is -0.0461. The molecule has 0 N–H and O–H groups in total. The molecule has 0 aliphatic heterocycles. The van der Waals surface area contributed by atoms with Gasteiger partial charge < -0.3 is 4.90 Å². The molecule has 1 atom stereocenters. The number of rotatable bonds is 6. The maximum atomic E-state index is 12.8. The van der Waals surface area contributed by atoms with Gasteiger partial charge in [0.05, 0.1) is 12.2 Å². The summed E-state index contributed by atoms with van der Waals surface area (Å²) in [6.07, 6.45) is 3.54. The third-order valence-corrected chi connectivity index (χ3v) is 4.53. The Bertz CT molecular complexity index is 855. The SMILES string of the molecule is CN(Cc1ccncn1)C(=O)CC(c1ccccc1)c1cccc(Cl)c1. The van der Waals surface area contributed by atoms with Crippen molar-refractivity contribution in [1.82, 2.24) is 14.9 Å². The van der Waals surface area contributed by atoms with E-state index < -0.39 is 0 Å². The summed E-state index contributed by atoms with van der Waals surface area (Å²) in [5.74, 6) is 0.00712. The van der Waals surface area contributed by atoms with Crippen LogP contribution in [0, 0.1) is 0 Å². The van der Waals surface area contributed by atoms with Gasteiger partial charge in [0.1, 0.15) is 6.33 Å². The first-order valence-electron chi connectivity index (χ1n) is 8.43. The fourth-order valence-electron chi connectivity index (χ4n) is 2.91. The number of carbonyl (C=O) groups excluding carboxylic acids is 1. The molecule has 3 aromatic rings. The molecule has 1 unspecified atom stereocenters. The Balaban J connectivity index is 1.80. The van der Waals surface area contributed by atoms with Crippen LogP contribution >= 0.6 is 11.6 Å². The molecule has 0 fully saturated rings. The summed E-state index contributed by atoms with van der Waals surface area (Å²) >= 11 is 6.17. The highest BCUT2D eigenvalue weighted by atomic mass is 35.5. The van der Waals surface area contributed by atoms with Crippen LogP contribution in [0.25, 0.3) is 0 Å². The summed E-state index contributed by atoms with van der Waals surface area (Å²) in [6, 6.07) is 19.6. The van der Waals surface area contributed by atoms with E-state index >= 15 is 0 Å². The average molecular weight is 366 g/mol. The number of aromatic nitrogens is 2. The molecule has 4 nitrogen and oxygen atoms in total. The molecule has 0 saturated heterocycles. The predicted octanol–water partition coefficient (Wildman–Crippen LogP) is 4.31. The summed E-state index contributed by atoms with van der Waals surface area (Å²) < 4.78 is 0. The van der Waals surface area contributed by atoms with E-state index in [-0.39, 0.29) is 11.8 Å². The first-order valence-corrected chi connectivity index (χ1v) is 8.80. The van der Waals surface area contributed by atoms with E-state index in [1.54, 1.807) is 18.1 Å². The minimum Gasteiger partial charge on any atom is -0.340 e. The second kappa shape index (κ2) is 8.59. The van der Waals surface area contributed by atoms with Gasteiger partial charge in [0.2, 0.25) is 5.91 Å². The van der Waals surface area contributed by atoms with E-state index in [2.05, 4.69) is 9.97 Å². The second-order valence-corrected chi connectivity index (χ2v) is 6.61. The number of carbonyl (C=O) groups is 1. The topological polar surface area (TPSA) is 46.1 Å². The van der Waals surface area contributed by atoms with Crippen molar-refractivity contribution in [2.45, 2.75) is 18.9 Å². The van der Waals surface area contributed by atoms with E-state index in [1.165, 1.54) is 6.33 Å². The van der Waals surface area contributed by atoms with E-state index in [0.29, 0.717) is 18.0 Å². The molecule has 0 radical (unpaired) electrons. The molecular formula is C21H20ClN3O. The normalized spacial score (nSPS) is 11.8. The van der Waals surface area contributed by atoms with Crippen LogP contribution in [0.3, 0.4) is 0 Å². The maximum absolute atomic E-state index is 12.8. The zero-order valence-electron chi connectivity index (χ0n) is 14.5. The van der Waals surface area contributed by atoms with Crippen molar-refractivity contribution in [2.75, 3.05) is 7.05 Å². The molecule has 0 bridgehead atoms. The van der Waals surface area contributed by atoms with Gasteiger partial charge in [-0.15, -0.1) is 0 Å². The number of halogens is 1. The monoisotopic (exact) mass is 365 g/mol. The van der Waals surface area contributed by atoms with Gasteiger partial charge in [-0.1, -0.05) is 54.1 Å². The van der Waals surface area contributed by atoms with Crippen LogP contribution in [-0.4, -0.2) is 27.8 Å². The molecule has 3 rings (SSSR count). The summed E-state index contributed by atoms with van der Waals surface area (Å²) in [7, 11) is 1.80. The number of hydrogen-bond donors (Lipinski definition) is 0. The lowest BCUT2D eigenvalue weighted by molar-refractivity contribution is -0.130. The van der Waals surface area contributed by atoms with Crippen LogP contribution in [-0.2, 0) is 11.3 Å². The lowest BCUT2D eigenvalue weighted by Gasteiger charge is -2.22. The molecule has 0 saturated carbocycles. The van der Waals surface area contributed by atoms with Crippen molar-refractivity contribution in [2.24, 2.45) is 0 Å². The van der Waals surface area contributed by atoms with Crippen molar-refractivity contribution in [3.63, 3.8) is 0 Å². The summed E-state index contributed by atoms with van der Waals surface area (Å²) in [4.78, 5) is 22.6. The Morgan fingerprint density at radius 2 is 1.85 bits per heavy atom. The van der Waals surface area contributed by atoms with Crippen LogP contribution in [0.2, 0.25) is 5.02 Å². The van der Waals surface area contributed by atoms with E-state index in [9.17, 15) is 4.79 Å². The van der Waals surface area contributed by atoms with Gasteiger partial charge in [-0.3, -0.25) is 4.79 Å². The first-order chi connectivity index (χ1) is 12.6. The third kappa shape index (κ3) is 4.67. The van der Waals surface area contributed by atoms with Crippen molar-refractivity contribution in [1.29, 1.82) is 0 Å². The van der Waals surface area contributed by atoms with Crippen molar-refractivity contribution in [3.05, 3.63) is 95.0 Å². The standard InChI is InChI=1S/C21H20ClN3O/c1-25(14-19-10-11-23-15-24-19)21(26)13-20(16-6-3-2-4-7-16)17-8-5-9-18(22)12-17/h2-12,15,20H,13-14H2,1H3. The number of amides is 1. The Labute approximate surface area is 158 Å². The van der Waals surface area contributed by atoms with Crippen LogP contribution < -0.4 is 0 Å². The smallest absolute Gasteiger partial charge is 0.223 e. The Hall–Kier alpha value is -2.72. The summed E-state index contributed by atoms with van der Waals surface area (Å²) in [5, 5.41) is 0.672. The lowest BCUT2D eigenvalue weighted by Crippen LogP contribution is -2.28. The number of nitrogens with zero attached hydrogens (tertiary/aromatic N) is 3. The van der Waals surface area contributed by atoms with Gasteiger partial charge in [-0.25, -0.2) is 9.97 Å². The minimum absolute atomic E-state index is 0.0461. The molecule has 1 heterocycles. The lowest BCUT2D eigenvalue weighted by atomic mass is 9.88. The predicted molar refractivity (Wildman–Crippen MR) is 103 cm³/mol. The molecule has 1 amide bonds. The fourth-order valence-corrected chi connectivity index (χ4v) is 3.11. The number of hydrogen-bond acceptors (Lipinski definition) is 3.